The first-order valence-electron chi connectivity index (χ1n) is 5.74. The fourth-order valence-electron chi connectivity index (χ4n) is 1.86. The Morgan fingerprint density at radius 1 is 1.50 bits per heavy atom. The molecule has 0 aliphatic heterocycles. The minimum absolute atomic E-state index is 0.265. The first-order valence-corrected chi connectivity index (χ1v) is 6.62. The number of hydrogen-bond acceptors (Lipinski definition) is 3. The van der Waals surface area contributed by atoms with Crippen LogP contribution in [0, 0.1) is 0 Å². The monoisotopic (exact) mass is 239 g/mol. The van der Waals surface area contributed by atoms with Gasteiger partial charge < -0.3 is 5.11 Å². The van der Waals surface area contributed by atoms with Gasteiger partial charge in [-0.15, -0.1) is 11.3 Å². The molecule has 0 saturated heterocycles. The Hall–Kier alpha value is -0.870. The summed E-state index contributed by atoms with van der Waals surface area (Å²) in [7, 11) is 0. The average Bonchev–Trinajstić information content (AvgIpc) is 2.95. The molecule has 88 valence electrons. The lowest BCUT2D eigenvalue weighted by Gasteiger charge is -2.20. The van der Waals surface area contributed by atoms with E-state index in [-0.39, 0.29) is 6.42 Å². The molecule has 16 heavy (non-hydrogen) atoms. The number of nitrogens with zero attached hydrogens (tertiary/aromatic N) is 1. The summed E-state index contributed by atoms with van der Waals surface area (Å²) < 4.78 is 0. The van der Waals surface area contributed by atoms with E-state index >= 15 is 0 Å². The van der Waals surface area contributed by atoms with Crippen LogP contribution in [0.5, 0.6) is 0 Å². The third-order valence-corrected chi connectivity index (χ3v) is 3.84. The van der Waals surface area contributed by atoms with E-state index < -0.39 is 5.97 Å². The zero-order valence-corrected chi connectivity index (χ0v) is 10.1. The maximum atomic E-state index is 10.6. The number of carbonyl (C=O) groups is 1. The molecule has 1 aliphatic carbocycles. The molecule has 1 aliphatic rings. The Morgan fingerprint density at radius 2 is 2.31 bits per heavy atom. The maximum absolute atomic E-state index is 10.6. The van der Waals surface area contributed by atoms with Crippen molar-refractivity contribution in [3.05, 3.63) is 22.4 Å². The predicted octanol–water partition coefficient (Wildman–Crippen LogP) is 2.23. The molecule has 4 heteroatoms. The number of rotatable bonds is 7. The number of thiophene rings is 1. The van der Waals surface area contributed by atoms with Gasteiger partial charge >= 0.3 is 5.97 Å². The van der Waals surface area contributed by atoms with Gasteiger partial charge in [-0.3, -0.25) is 9.69 Å². The Labute approximate surface area is 99.7 Å². The molecule has 1 heterocycles. The smallest absolute Gasteiger partial charge is 0.304 e. The van der Waals surface area contributed by atoms with Gasteiger partial charge in [0.2, 0.25) is 0 Å². The Kier molecular flexibility index (Phi) is 3.96. The van der Waals surface area contributed by atoms with Crippen molar-refractivity contribution >= 4 is 17.3 Å². The molecular formula is C12H17NO2S. The van der Waals surface area contributed by atoms with Gasteiger partial charge in [0.15, 0.2) is 0 Å². The summed E-state index contributed by atoms with van der Waals surface area (Å²) in [6.07, 6.45) is 3.79. The molecule has 1 fully saturated rings. The van der Waals surface area contributed by atoms with Crippen LogP contribution in [0.25, 0.3) is 0 Å². The molecular weight excluding hydrogens is 222 g/mol. The molecule has 0 spiro atoms. The van der Waals surface area contributed by atoms with E-state index in [9.17, 15) is 4.79 Å². The highest BCUT2D eigenvalue weighted by Crippen LogP contribution is 2.27. The van der Waals surface area contributed by atoms with E-state index in [0.717, 1.165) is 13.0 Å². The first kappa shape index (κ1) is 11.6. The molecule has 1 aromatic rings. The second-order valence-corrected chi connectivity index (χ2v) is 5.27. The second-order valence-electron chi connectivity index (χ2n) is 4.24. The van der Waals surface area contributed by atoms with E-state index in [1.54, 1.807) is 11.3 Å². The van der Waals surface area contributed by atoms with Crippen LogP contribution in [0.1, 0.15) is 24.1 Å². The summed E-state index contributed by atoms with van der Waals surface area (Å²) in [4.78, 5) is 14.3. The lowest BCUT2D eigenvalue weighted by atomic mass is 10.3. The van der Waals surface area contributed by atoms with E-state index in [4.69, 9.17) is 5.11 Å². The van der Waals surface area contributed by atoms with Crippen LogP contribution in [-0.2, 0) is 11.2 Å². The van der Waals surface area contributed by atoms with Crippen LogP contribution in [0.2, 0.25) is 0 Å². The van der Waals surface area contributed by atoms with Crippen molar-refractivity contribution in [2.75, 3.05) is 13.1 Å². The van der Waals surface area contributed by atoms with Crippen molar-refractivity contribution < 1.29 is 9.90 Å². The molecule has 0 radical (unpaired) electrons. The first-order chi connectivity index (χ1) is 7.75. The van der Waals surface area contributed by atoms with Gasteiger partial charge in [0.05, 0.1) is 6.42 Å². The molecule has 0 bridgehead atoms. The summed E-state index contributed by atoms with van der Waals surface area (Å²) >= 11 is 1.78. The highest BCUT2D eigenvalue weighted by atomic mass is 32.1. The van der Waals surface area contributed by atoms with Crippen LogP contribution in [-0.4, -0.2) is 35.1 Å². The van der Waals surface area contributed by atoms with Gasteiger partial charge in [0.1, 0.15) is 0 Å². The zero-order chi connectivity index (χ0) is 11.4. The molecule has 1 aromatic heterocycles. The van der Waals surface area contributed by atoms with E-state index in [1.165, 1.54) is 17.7 Å². The van der Waals surface area contributed by atoms with Crippen molar-refractivity contribution in [1.29, 1.82) is 0 Å². The third-order valence-electron chi connectivity index (χ3n) is 2.90. The van der Waals surface area contributed by atoms with E-state index in [2.05, 4.69) is 22.4 Å². The average molecular weight is 239 g/mol. The topological polar surface area (TPSA) is 40.5 Å². The van der Waals surface area contributed by atoms with Crippen molar-refractivity contribution in [2.24, 2.45) is 0 Å². The molecule has 2 rings (SSSR count). The molecule has 1 saturated carbocycles. The standard InChI is InChI=1S/C12H17NO2S/c14-12(15)6-8-13(10-3-4-10)7-5-11-2-1-9-16-11/h1-2,9-10H,3-8H2,(H,14,15). The van der Waals surface area contributed by atoms with E-state index in [1.807, 2.05) is 0 Å². The van der Waals surface area contributed by atoms with Crippen molar-refractivity contribution in [2.45, 2.75) is 31.7 Å². The second kappa shape index (κ2) is 5.46. The van der Waals surface area contributed by atoms with Gasteiger partial charge in [-0.2, -0.15) is 0 Å². The summed E-state index contributed by atoms with van der Waals surface area (Å²) in [5.41, 5.74) is 0. The van der Waals surface area contributed by atoms with Crippen molar-refractivity contribution in [3.8, 4) is 0 Å². The number of carboxylic acid groups (broad SMARTS) is 1. The third kappa shape index (κ3) is 3.61. The van der Waals surface area contributed by atoms with Crippen LogP contribution in [0.4, 0.5) is 0 Å². The van der Waals surface area contributed by atoms with Crippen LogP contribution in [0.15, 0.2) is 17.5 Å². The summed E-state index contributed by atoms with van der Waals surface area (Å²) in [5.74, 6) is -0.693. The number of hydrogen-bond donors (Lipinski definition) is 1. The SMILES string of the molecule is O=C(O)CCN(CCc1cccs1)C1CC1. The molecule has 3 nitrogen and oxygen atoms in total. The van der Waals surface area contributed by atoms with Gasteiger partial charge in [-0.1, -0.05) is 6.07 Å². The lowest BCUT2D eigenvalue weighted by Crippen LogP contribution is -2.30. The fourth-order valence-corrected chi connectivity index (χ4v) is 2.56. The Bertz CT molecular complexity index is 333. The highest BCUT2D eigenvalue weighted by molar-refractivity contribution is 7.09. The van der Waals surface area contributed by atoms with Crippen LogP contribution >= 0.6 is 11.3 Å². The molecule has 0 amide bonds. The fraction of sp³-hybridized carbons (Fsp3) is 0.583. The van der Waals surface area contributed by atoms with Crippen molar-refractivity contribution in [3.63, 3.8) is 0 Å². The molecule has 1 N–H and O–H groups in total. The Morgan fingerprint density at radius 3 is 2.88 bits per heavy atom. The minimum Gasteiger partial charge on any atom is -0.481 e. The van der Waals surface area contributed by atoms with E-state index in [0.29, 0.717) is 12.6 Å². The predicted molar refractivity (Wildman–Crippen MR) is 64.9 cm³/mol. The molecule has 0 aromatic carbocycles. The van der Waals surface area contributed by atoms with Gasteiger partial charge in [-0.05, 0) is 30.7 Å². The van der Waals surface area contributed by atoms with Gasteiger partial charge in [0.25, 0.3) is 0 Å². The largest absolute Gasteiger partial charge is 0.481 e. The highest BCUT2D eigenvalue weighted by Gasteiger charge is 2.28. The normalized spacial score (nSPS) is 15.6. The number of carboxylic acids is 1. The van der Waals surface area contributed by atoms with Crippen LogP contribution in [0.3, 0.4) is 0 Å². The zero-order valence-electron chi connectivity index (χ0n) is 9.26. The lowest BCUT2D eigenvalue weighted by molar-refractivity contribution is -0.137. The quantitative estimate of drug-likeness (QED) is 0.793. The number of aliphatic carboxylic acids is 1. The maximum Gasteiger partial charge on any atom is 0.304 e. The van der Waals surface area contributed by atoms with Crippen molar-refractivity contribution in [1.82, 2.24) is 4.90 Å². The molecule has 0 atom stereocenters. The Balaban J connectivity index is 1.76. The molecule has 0 unspecified atom stereocenters. The van der Waals surface area contributed by atoms with Crippen LogP contribution < -0.4 is 0 Å². The van der Waals surface area contributed by atoms with Gasteiger partial charge in [-0.25, -0.2) is 0 Å². The summed E-state index contributed by atoms with van der Waals surface area (Å²) in [5, 5.41) is 10.8. The minimum atomic E-state index is -0.693. The van der Waals surface area contributed by atoms with Gasteiger partial charge in [0, 0.05) is 24.0 Å². The summed E-state index contributed by atoms with van der Waals surface area (Å²) in [6, 6.07) is 4.87. The summed E-state index contributed by atoms with van der Waals surface area (Å²) in [6.45, 7) is 1.70.